The van der Waals surface area contributed by atoms with E-state index in [4.69, 9.17) is 16.3 Å². The molecule has 0 radical (unpaired) electrons. The fourth-order valence-electron chi connectivity index (χ4n) is 2.21. The number of nitrogens with one attached hydrogen (secondary N) is 1. The maximum Gasteiger partial charge on any atom is 0.126 e. The molecular formula is C15H18ClNO2. The van der Waals surface area contributed by atoms with E-state index in [2.05, 4.69) is 4.98 Å². The predicted octanol–water partition coefficient (Wildman–Crippen LogP) is 3.68. The SMILES string of the molecule is COc1cc(Cl)ccc1C(O)c1[nH]c(C)c(C)c1C. The van der Waals surface area contributed by atoms with Gasteiger partial charge in [-0.3, -0.25) is 0 Å². The number of aromatic nitrogens is 1. The molecule has 0 bridgehead atoms. The molecule has 0 aliphatic carbocycles. The van der Waals surface area contributed by atoms with Gasteiger partial charge < -0.3 is 14.8 Å². The molecule has 0 saturated carbocycles. The lowest BCUT2D eigenvalue weighted by Gasteiger charge is -2.15. The highest BCUT2D eigenvalue weighted by Gasteiger charge is 2.20. The zero-order valence-electron chi connectivity index (χ0n) is 11.5. The number of aromatic amines is 1. The van der Waals surface area contributed by atoms with E-state index in [0.29, 0.717) is 16.3 Å². The lowest BCUT2D eigenvalue weighted by Crippen LogP contribution is -2.04. The first kappa shape index (κ1) is 14.0. The van der Waals surface area contributed by atoms with Gasteiger partial charge in [0.25, 0.3) is 0 Å². The zero-order chi connectivity index (χ0) is 14.2. The zero-order valence-corrected chi connectivity index (χ0v) is 12.3. The van der Waals surface area contributed by atoms with Gasteiger partial charge >= 0.3 is 0 Å². The van der Waals surface area contributed by atoms with Crippen LogP contribution in [0.15, 0.2) is 18.2 Å². The summed E-state index contributed by atoms with van der Waals surface area (Å²) in [6, 6.07) is 5.25. The summed E-state index contributed by atoms with van der Waals surface area (Å²) in [6.07, 6.45) is -0.750. The van der Waals surface area contributed by atoms with Crippen molar-refractivity contribution in [1.29, 1.82) is 0 Å². The van der Waals surface area contributed by atoms with Gasteiger partial charge in [-0.15, -0.1) is 0 Å². The molecule has 4 heteroatoms. The Hall–Kier alpha value is -1.45. The van der Waals surface area contributed by atoms with Gasteiger partial charge in [0.15, 0.2) is 0 Å². The van der Waals surface area contributed by atoms with Crippen molar-refractivity contribution in [3.63, 3.8) is 0 Å². The minimum Gasteiger partial charge on any atom is -0.496 e. The summed E-state index contributed by atoms with van der Waals surface area (Å²) in [5, 5.41) is 11.1. The Morgan fingerprint density at radius 1 is 1.21 bits per heavy atom. The summed E-state index contributed by atoms with van der Waals surface area (Å²) in [4.78, 5) is 3.24. The number of H-pyrrole nitrogens is 1. The molecule has 19 heavy (non-hydrogen) atoms. The number of hydrogen-bond acceptors (Lipinski definition) is 2. The van der Waals surface area contributed by atoms with Crippen LogP contribution in [0.5, 0.6) is 5.75 Å². The molecular weight excluding hydrogens is 262 g/mol. The van der Waals surface area contributed by atoms with E-state index in [0.717, 1.165) is 17.0 Å². The maximum absolute atomic E-state index is 10.6. The van der Waals surface area contributed by atoms with E-state index in [1.54, 1.807) is 25.3 Å². The van der Waals surface area contributed by atoms with Crippen LogP contribution in [0, 0.1) is 20.8 Å². The fraction of sp³-hybridized carbons (Fsp3) is 0.333. The van der Waals surface area contributed by atoms with Gasteiger partial charge in [-0.1, -0.05) is 17.7 Å². The number of hydrogen-bond donors (Lipinski definition) is 2. The van der Waals surface area contributed by atoms with Crippen molar-refractivity contribution in [3.8, 4) is 5.75 Å². The molecule has 1 atom stereocenters. The van der Waals surface area contributed by atoms with Crippen LogP contribution >= 0.6 is 11.6 Å². The Kier molecular flexibility index (Phi) is 3.88. The highest BCUT2D eigenvalue weighted by Crippen LogP contribution is 2.34. The second-order valence-electron chi connectivity index (χ2n) is 4.70. The third kappa shape index (κ3) is 2.48. The lowest BCUT2D eigenvalue weighted by molar-refractivity contribution is 0.209. The largest absolute Gasteiger partial charge is 0.496 e. The molecule has 0 amide bonds. The Balaban J connectivity index is 2.49. The van der Waals surface area contributed by atoms with Crippen LogP contribution in [0.4, 0.5) is 0 Å². The average Bonchev–Trinajstić information content (AvgIpc) is 2.65. The number of methoxy groups -OCH3 is 1. The number of ether oxygens (including phenoxy) is 1. The van der Waals surface area contributed by atoms with E-state index in [1.807, 2.05) is 20.8 Å². The van der Waals surface area contributed by atoms with Crippen molar-refractivity contribution in [3.05, 3.63) is 51.3 Å². The van der Waals surface area contributed by atoms with Gasteiger partial charge in [0.1, 0.15) is 11.9 Å². The second kappa shape index (κ2) is 5.27. The highest BCUT2D eigenvalue weighted by molar-refractivity contribution is 6.30. The Morgan fingerprint density at radius 3 is 2.42 bits per heavy atom. The van der Waals surface area contributed by atoms with Crippen molar-refractivity contribution < 1.29 is 9.84 Å². The first-order valence-corrected chi connectivity index (χ1v) is 6.50. The molecule has 3 nitrogen and oxygen atoms in total. The number of aliphatic hydroxyl groups is 1. The first-order valence-electron chi connectivity index (χ1n) is 6.12. The quantitative estimate of drug-likeness (QED) is 0.900. The van der Waals surface area contributed by atoms with Gasteiger partial charge in [-0.25, -0.2) is 0 Å². The minimum absolute atomic E-state index is 0.586. The number of benzene rings is 1. The van der Waals surface area contributed by atoms with Gasteiger partial charge in [-0.2, -0.15) is 0 Å². The smallest absolute Gasteiger partial charge is 0.126 e. The molecule has 102 valence electrons. The molecule has 0 fully saturated rings. The minimum atomic E-state index is -0.750. The number of aliphatic hydroxyl groups excluding tert-OH is 1. The fourth-order valence-corrected chi connectivity index (χ4v) is 2.37. The molecule has 2 rings (SSSR count). The van der Waals surface area contributed by atoms with E-state index < -0.39 is 6.10 Å². The van der Waals surface area contributed by atoms with Crippen LogP contribution in [0.2, 0.25) is 5.02 Å². The summed E-state index contributed by atoms with van der Waals surface area (Å²) in [5.74, 6) is 0.587. The Bertz CT molecular complexity index is 604. The van der Waals surface area contributed by atoms with Crippen LogP contribution in [0.3, 0.4) is 0 Å². The van der Waals surface area contributed by atoms with Crippen molar-refractivity contribution in [2.75, 3.05) is 7.11 Å². The lowest BCUT2D eigenvalue weighted by atomic mass is 10.0. The van der Waals surface area contributed by atoms with Crippen molar-refractivity contribution in [2.45, 2.75) is 26.9 Å². The second-order valence-corrected chi connectivity index (χ2v) is 5.14. The number of aryl methyl sites for hydroxylation is 1. The summed E-state index contributed by atoms with van der Waals surface area (Å²) < 4.78 is 5.29. The average molecular weight is 280 g/mol. The van der Waals surface area contributed by atoms with Gasteiger partial charge in [0, 0.05) is 16.3 Å². The van der Waals surface area contributed by atoms with Crippen molar-refractivity contribution in [1.82, 2.24) is 4.98 Å². The molecule has 0 aliphatic rings. The topological polar surface area (TPSA) is 45.2 Å². The number of rotatable bonds is 3. The van der Waals surface area contributed by atoms with E-state index in [1.165, 1.54) is 5.56 Å². The van der Waals surface area contributed by atoms with E-state index in [-0.39, 0.29) is 0 Å². The van der Waals surface area contributed by atoms with Crippen LogP contribution in [0.1, 0.15) is 34.2 Å². The molecule has 1 heterocycles. The molecule has 2 aromatic rings. The van der Waals surface area contributed by atoms with Crippen molar-refractivity contribution >= 4 is 11.6 Å². The van der Waals surface area contributed by atoms with Gasteiger partial charge in [-0.05, 0) is 44.0 Å². The van der Waals surface area contributed by atoms with Crippen LogP contribution in [-0.2, 0) is 0 Å². The molecule has 0 saturated heterocycles. The predicted molar refractivity (Wildman–Crippen MR) is 77.1 cm³/mol. The summed E-state index contributed by atoms with van der Waals surface area (Å²) in [7, 11) is 1.57. The third-order valence-electron chi connectivity index (χ3n) is 3.61. The van der Waals surface area contributed by atoms with E-state index in [9.17, 15) is 5.11 Å². The normalized spacial score (nSPS) is 12.5. The van der Waals surface area contributed by atoms with Crippen molar-refractivity contribution in [2.24, 2.45) is 0 Å². The Labute approximate surface area is 118 Å². The molecule has 1 aromatic heterocycles. The van der Waals surface area contributed by atoms with Gasteiger partial charge in [0.05, 0.1) is 12.8 Å². The molecule has 1 unspecified atom stereocenters. The molecule has 0 spiro atoms. The highest BCUT2D eigenvalue weighted by atomic mass is 35.5. The van der Waals surface area contributed by atoms with Crippen LogP contribution in [-0.4, -0.2) is 17.2 Å². The monoisotopic (exact) mass is 279 g/mol. The maximum atomic E-state index is 10.6. The molecule has 1 aromatic carbocycles. The van der Waals surface area contributed by atoms with Crippen LogP contribution < -0.4 is 4.74 Å². The molecule has 2 N–H and O–H groups in total. The summed E-state index contributed by atoms with van der Waals surface area (Å²) in [6.45, 7) is 6.04. The van der Waals surface area contributed by atoms with Crippen LogP contribution in [0.25, 0.3) is 0 Å². The standard InChI is InChI=1S/C15H18ClNO2/c1-8-9(2)14(17-10(8)3)15(18)12-6-5-11(16)7-13(12)19-4/h5-7,15,17-18H,1-4H3. The van der Waals surface area contributed by atoms with E-state index >= 15 is 0 Å². The summed E-state index contributed by atoms with van der Waals surface area (Å²) >= 11 is 5.94. The number of halogens is 1. The summed E-state index contributed by atoms with van der Waals surface area (Å²) in [5.41, 5.74) is 4.82. The van der Waals surface area contributed by atoms with Gasteiger partial charge in [0.2, 0.25) is 0 Å². The Morgan fingerprint density at radius 2 is 1.89 bits per heavy atom. The third-order valence-corrected chi connectivity index (χ3v) is 3.85. The molecule has 0 aliphatic heterocycles. The first-order chi connectivity index (χ1) is 8.95.